The van der Waals surface area contributed by atoms with Gasteiger partial charge < -0.3 is 24.5 Å². The number of carbonyl (C=O) groups excluding carboxylic acids is 1. The van der Waals surface area contributed by atoms with E-state index in [0.717, 1.165) is 11.1 Å². The van der Waals surface area contributed by atoms with Crippen LogP contribution >= 0.6 is 0 Å². The zero-order valence-corrected chi connectivity index (χ0v) is 17.4. The fourth-order valence-corrected chi connectivity index (χ4v) is 3.87. The van der Waals surface area contributed by atoms with Crippen molar-refractivity contribution in [3.05, 3.63) is 42.2 Å². The van der Waals surface area contributed by atoms with E-state index in [9.17, 15) is 14.3 Å². The number of fused-ring (bicyclic) bond motifs is 1. The molecule has 1 aromatic heterocycles. The Hall–Kier alpha value is -3.17. The molecule has 0 spiro atoms. The fraction of sp³-hybridized carbons (Fsp3) is 0.364. The van der Waals surface area contributed by atoms with Gasteiger partial charge >= 0.3 is 6.03 Å². The first-order valence-corrected chi connectivity index (χ1v) is 10.0. The third kappa shape index (κ3) is 4.33. The lowest BCUT2D eigenvalue weighted by Gasteiger charge is -2.22. The first kappa shape index (κ1) is 21.1. The summed E-state index contributed by atoms with van der Waals surface area (Å²) >= 11 is 0. The van der Waals surface area contributed by atoms with Gasteiger partial charge in [-0.3, -0.25) is 5.32 Å². The Morgan fingerprint density at radius 3 is 2.77 bits per heavy atom. The number of urea groups is 1. The first-order valence-electron chi connectivity index (χ1n) is 10.0. The summed E-state index contributed by atoms with van der Waals surface area (Å²) < 4.78 is 23.8. The SMILES string of the molecule is COCCC1(O)CCN(C(=O)Nc2nc3c(-c4ccc(F)cc4)ccc(OC)c3[nH]2)C1. The Balaban J connectivity index is 1.58. The number of nitrogens with zero attached hydrogens (tertiary/aromatic N) is 2. The number of aliphatic hydroxyl groups is 1. The maximum absolute atomic E-state index is 13.3. The molecule has 1 atom stereocenters. The number of β-amino-alcohol motifs (C(OH)–C–C–N with tert-alkyl or cyclic N) is 1. The Labute approximate surface area is 179 Å². The van der Waals surface area contributed by atoms with Crippen LogP contribution in [0.3, 0.4) is 0 Å². The number of imidazole rings is 1. The summed E-state index contributed by atoms with van der Waals surface area (Å²) in [6, 6.07) is 9.41. The molecule has 164 valence electrons. The van der Waals surface area contributed by atoms with Crippen LogP contribution in [0.25, 0.3) is 22.2 Å². The molecule has 2 heterocycles. The molecule has 1 saturated heterocycles. The van der Waals surface area contributed by atoms with E-state index in [1.54, 1.807) is 37.3 Å². The van der Waals surface area contributed by atoms with E-state index in [1.165, 1.54) is 12.1 Å². The smallest absolute Gasteiger partial charge is 0.324 e. The van der Waals surface area contributed by atoms with Gasteiger partial charge in [-0.05, 0) is 36.2 Å². The molecule has 1 aliphatic heterocycles. The highest BCUT2D eigenvalue weighted by atomic mass is 19.1. The predicted molar refractivity (Wildman–Crippen MR) is 115 cm³/mol. The van der Waals surface area contributed by atoms with Crippen molar-refractivity contribution >= 4 is 23.0 Å². The van der Waals surface area contributed by atoms with Crippen molar-refractivity contribution in [3.63, 3.8) is 0 Å². The molecule has 1 fully saturated rings. The van der Waals surface area contributed by atoms with E-state index in [-0.39, 0.29) is 24.3 Å². The van der Waals surface area contributed by atoms with Crippen molar-refractivity contribution in [2.45, 2.75) is 18.4 Å². The maximum Gasteiger partial charge on any atom is 0.324 e. The standard InChI is InChI=1S/C22H25FN4O4/c1-30-12-10-22(29)9-11-27(13-22)21(28)26-20-24-18-16(14-3-5-15(23)6-4-14)7-8-17(31-2)19(18)25-20/h3-8,29H,9-13H2,1-2H3,(H2,24,25,26,28). The van der Waals surface area contributed by atoms with Gasteiger partial charge in [-0.25, -0.2) is 14.2 Å². The fourth-order valence-electron chi connectivity index (χ4n) is 3.87. The van der Waals surface area contributed by atoms with E-state index < -0.39 is 5.60 Å². The van der Waals surface area contributed by atoms with Gasteiger partial charge in [-0.1, -0.05) is 12.1 Å². The Morgan fingerprint density at radius 2 is 2.06 bits per heavy atom. The minimum Gasteiger partial charge on any atom is -0.494 e. The molecule has 2 amide bonds. The van der Waals surface area contributed by atoms with Crippen molar-refractivity contribution in [3.8, 4) is 16.9 Å². The lowest BCUT2D eigenvalue weighted by molar-refractivity contribution is 0.0196. The summed E-state index contributed by atoms with van der Waals surface area (Å²) in [6.07, 6.45) is 0.961. The largest absolute Gasteiger partial charge is 0.494 e. The molecule has 0 aliphatic carbocycles. The van der Waals surface area contributed by atoms with Gasteiger partial charge in [-0.15, -0.1) is 0 Å². The van der Waals surface area contributed by atoms with Crippen molar-refractivity contribution in [2.75, 3.05) is 39.2 Å². The molecule has 3 N–H and O–H groups in total. The van der Waals surface area contributed by atoms with Gasteiger partial charge in [0, 0.05) is 32.2 Å². The number of rotatable bonds is 6. The lowest BCUT2D eigenvalue weighted by atomic mass is 10.00. The number of anilines is 1. The zero-order valence-electron chi connectivity index (χ0n) is 17.4. The molecule has 0 bridgehead atoms. The van der Waals surface area contributed by atoms with Crippen molar-refractivity contribution in [2.24, 2.45) is 0 Å². The van der Waals surface area contributed by atoms with Crippen LogP contribution < -0.4 is 10.1 Å². The molecule has 0 saturated carbocycles. The average Bonchev–Trinajstić information content (AvgIpc) is 3.36. The van der Waals surface area contributed by atoms with Gasteiger partial charge in [0.1, 0.15) is 22.6 Å². The molecular weight excluding hydrogens is 403 g/mol. The minimum atomic E-state index is -0.944. The summed E-state index contributed by atoms with van der Waals surface area (Å²) in [5, 5.41) is 13.4. The number of H-pyrrole nitrogens is 1. The van der Waals surface area contributed by atoms with Crippen LogP contribution in [0.5, 0.6) is 5.75 Å². The number of likely N-dealkylation sites (tertiary alicyclic amines) is 1. The van der Waals surface area contributed by atoms with Crippen LogP contribution in [-0.4, -0.2) is 65.5 Å². The summed E-state index contributed by atoms with van der Waals surface area (Å²) in [7, 11) is 3.13. The number of aromatic nitrogens is 2. The number of methoxy groups -OCH3 is 2. The predicted octanol–water partition coefficient (Wildman–Crippen LogP) is 3.38. The second-order valence-electron chi connectivity index (χ2n) is 7.70. The van der Waals surface area contributed by atoms with Gasteiger partial charge in [0.2, 0.25) is 5.95 Å². The Kier molecular flexibility index (Phi) is 5.79. The topological polar surface area (TPSA) is 99.7 Å². The number of halogens is 1. The van der Waals surface area contributed by atoms with Crippen molar-refractivity contribution in [1.82, 2.24) is 14.9 Å². The van der Waals surface area contributed by atoms with E-state index in [2.05, 4.69) is 15.3 Å². The second-order valence-corrected chi connectivity index (χ2v) is 7.70. The Bertz CT molecular complexity index is 1090. The van der Waals surface area contributed by atoms with Crippen LogP contribution in [-0.2, 0) is 4.74 Å². The number of hydrogen-bond donors (Lipinski definition) is 3. The number of ether oxygens (including phenoxy) is 2. The highest BCUT2D eigenvalue weighted by molar-refractivity contribution is 5.98. The molecule has 1 unspecified atom stereocenters. The van der Waals surface area contributed by atoms with Gasteiger partial charge in [0.15, 0.2) is 0 Å². The van der Waals surface area contributed by atoms with Gasteiger partial charge in [-0.2, -0.15) is 0 Å². The quantitative estimate of drug-likeness (QED) is 0.559. The van der Waals surface area contributed by atoms with Crippen LogP contribution in [0.1, 0.15) is 12.8 Å². The second kappa shape index (κ2) is 8.52. The summed E-state index contributed by atoms with van der Waals surface area (Å²) in [4.78, 5) is 21.9. The molecule has 2 aromatic carbocycles. The number of benzene rings is 2. The number of aromatic amines is 1. The number of hydrogen-bond acceptors (Lipinski definition) is 5. The summed E-state index contributed by atoms with van der Waals surface area (Å²) in [6.45, 7) is 1.10. The summed E-state index contributed by atoms with van der Waals surface area (Å²) in [5.41, 5.74) is 1.85. The maximum atomic E-state index is 13.3. The van der Waals surface area contributed by atoms with E-state index >= 15 is 0 Å². The highest BCUT2D eigenvalue weighted by Gasteiger charge is 2.38. The molecule has 1 aliphatic rings. The Morgan fingerprint density at radius 1 is 1.29 bits per heavy atom. The average molecular weight is 428 g/mol. The van der Waals surface area contributed by atoms with Crippen molar-refractivity contribution < 1.29 is 23.8 Å². The third-order valence-electron chi connectivity index (χ3n) is 5.60. The van der Waals surface area contributed by atoms with Crippen LogP contribution in [0.15, 0.2) is 36.4 Å². The highest BCUT2D eigenvalue weighted by Crippen LogP contribution is 2.34. The number of amides is 2. The lowest BCUT2D eigenvalue weighted by Crippen LogP contribution is -2.39. The molecular formula is C22H25FN4O4. The minimum absolute atomic E-state index is 0.229. The molecule has 31 heavy (non-hydrogen) atoms. The molecule has 8 nitrogen and oxygen atoms in total. The molecule has 0 radical (unpaired) electrons. The number of carbonyl (C=O) groups is 1. The van der Waals surface area contributed by atoms with E-state index in [0.29, 0.717) is 42.8 Å². The normalized spacial score (nSPS) is 18.5. The van der Waals surface area contributed by atoms with Crippen LogP contribution in [0.4, 0.5) is 15.1 Å². The van der Waals surface area contributed by atoms with Gasteiger partial charge in [0.05, 0.1) is 19.3 Å². The molecule has 3 aromatic rings. The van der Waals surface area contributed by atoms with E-state index in [4.69, 9.17) is 9.47 Å². The third-order valence-corrected chi connectivity index (χ3v) is 5.60. The number of nitrogens with one attached hydrogen (secondary N) is 2. The molecule has 4 rings (SSSR count). The van der Waals surface area contributed by atoms with E-state index in [1.807, 2.05) is 6.07 Å². The first-order chi connectivity index (χ1) is 14.9. The van der Waals surface area contributed by atoms with Gasteiger partial charge in [0.25, 0.3) is 0 Å². The zero-order chi connectivity index (χ0) is 22.0. The summed E-state index contributed by atoms with van der Waals surface area (Å²) in [5.74, 6) is 0.517. The van der Waals surface area contributed by atoms with Crippen molar-refractivity contribution in [1.29, 1.82) is 0 Å². The molecule has 9 heteroatoms. The van der Waals surface area contributed by atoms with Crippen LogP contribution in [0.2, 0.25) is 0 Å². The monoisotopic (exact) mass is 428 g/mol. The van der Waals surface area contributed by atoms with Crippen LogP contribution in [0, 0.1) is 5.82 Å².